The lowest BCUT2D eigenvalue weighted by Crippen LogP contribution is -2.38. The average molecular weight is 264 g/mol. The van der Waals surface area contributed by atoms with Crippen molar-refractivity contribution < 1.29 is 9.53 Å². The van der Waals surface area contributed by atoms with Gasteiger partial charge in [0.05, 0.1) is 6.54 Å². The second kappa shape index (κ2) is 8.67. The van der Waals surface area contributed by atoms with E-state index >= 15 is 0 Å². The van der Waals surface area contributed by atoms with E-state index in [-0.39, 0.29) is 5.91 Å². The average Bonchev–Trinajstić information content (AvgIpc) is 2.39. The van der Waals surface area contributed by atoms with Crippen molar-refractivity contribution in [3.63, 3.8) is 0 Å². The molecule has 1 aromatic carbocycles. The smallest absolute Gasteiger partial charge is 0.240 e. The molecular formula is C15H24N2O2. The number of ether oxygens (including phenoxy) is 1. The molecule has 0 aromatic heterocycles. The van der Waals surface area contributed by atoms with Crippen LogP contribution in [0.5, 0.6) is 0 Å². The highest BCUT2D eigenvalue weighted by Crippen LogP contribution is 2.15. The van der Waals surface area contributed by atoms with Gasteiger partial charge in [-0.15, -0.1) is 0 Å². The molecule has 1 aromatic rings. The van der Waals surface area contributed by atoms with E-state index < -0.39 is 0 Å². The van der Waals surface area contributed by atoms with Crippen molar-refractivity contribution >= 4 is 11.6 Å². The van der Waals surface area contributed by atoms with Crippen LogP contribution in [0, 0.1) is 6.92 Å². The molecule has 0 radical (unpaired) electrons. The molecule has 0 unspecified atom stereocenters. The van der Waals surface area contributed by atoms with Crippen molar-refractivity contribution in [2.75, 3.05) is 38.3 Å². The molecule has 0 spiro atoms. The fourth-order valence-electron chi connectivity index (χ4n) is 1.93. The summed E-state index contributed by atoms with van der Waals surface area (Å²) in [6, 6.07) is 8.02. The summed E-state index contributed by atoms with van der Waals surface area (Å²) in [4.78, 5) is 14.0. The normalized spacial score (nSPS) is 10.5. The zero-order valence-corrected chi connectivity index (χ0v) is 12.1. The van der Waals surface area contributed by atoms with Gasteiger partial charge in [-0.3, -0.25) is 4.79 Å². The van der Waals surface area contributed by atoms with Crippen LogP contribution in [0.4, 0.5) is 5.69 Å². The molecule has 4 nitrogen and oxygen atoms in total. The van der Waals surface area contributed by atoms with E-state index in [0.717, 1.165) is 30.8 Å². The van der Waals surface area contributed by atoms with Crippen LogP contribution in [-0.2, 0) is 9.53 Å². The zero-order valence-electron chi connectivity index (χ0n) is 12.1. The first-order chi connectivity index (χ1) is 9.19. The van der Waals surface area contributed by atoms with Crippen molar-refractivity contribution in [2.24, 2.45) is 0 Å². The number of amides is 1. The van der Waals surface area contributed by atoms with Crippen molar-refractivity contribution in [2.45, 2.75) is 20.3 Å². The number of hydrogen-bond donors (Lipinski definition) is 1. The number of likely N-dealkylation sites (N-methyl/N-ethyl adjacent to an activating group) is 1. The molecular weight excluding hydrogens is 240 g/mol. The third-order valence-corrected chi connectivity index (χ3v) is 2.91. The van der Waals surface area contributed by atoms with E-state index in [9.17, 15) is 4.79 Å². The van der Waals surface area contributed by atoms with Crippen LogP contribution >= 0.6 is 0 Å². The van der Waals surface area contributed by atoms with Gasteiger partial charge in [0.1, 0.15) is 0 Å². The third-order valence-electron chi connectivity index (χ3n) is 2.91. The Balaban J connectivity index is 2.48. The van der Waals surface area contributed by atoms with Crippen LogP contribution in [0.25, 0.3) is 0 Å². The number of anilines is 1. The topological polar surface area (TPSA) is 41.6 Å². The van der Waals surface area contributed by atoms with E-state index in [1.165, 1.54) is 0 Å². The molecule has 0 atom stereocenters. The summed E-state index contributed by atoms with van der Waals surface area (Å²) >= 11 is 0. The number of nitrogens with zero attached hydrogens (tertiary/aromatic N) is 1. The summed E-state index contributed by atoms with van der Waals surface area (Å²) in [5.41, 5.74) is 2.13. The minimum absolute atomic E-state index is 0.102. The van der Waals surface area contributed by atoms with Gasteiger partial charge in [0.2, 0.25) is 5.91 Å². The highest BCUT2D eigenvalue weighted by atomic mass is 16.5. The summed E-state index contributed by atoms with van der Waals surface area (Å²) in [6.07, 6.45) is 0.917. The molecule has 1 amide bonds. The quantitative estimate of drug-likeness (QED) is 0.730. The number of benzene rings is 1. The number of rotatable bonds is 8. The van der Waals surface area contributed by atoms with Gasteiger partial charge in [-0.2, -0.15) is 0 Å². The predicted octanol–water partition coefficient (Wildman–Crippen LogP) is 1.97. The number of carbonyl (C=O) groups is 1. The molecule has 0 saturated carbocycles. The fourth-order valence-corrected chi connectivity index (χ4v) is 1.93. The van der Waals surface area contributed by atoms with Gasteiger partial charge in [0.15, 0.2) is 0 Å². The van der Waals surface area contributed by atoms with E-state index in [1.807, 2.05) is 38.1 Å². The summed E-state index contributed by atoms with van der Waals surface area (Å²) < 4.78 is 4.96. The first-order valence-electron chi connectivity index (χ1n) is 6.75. The number of carbonyl (C=O) groups excluding carboxylic acids is 1. The van der Waals surface area contributed by atoms with E-state index in [0.29, 0.717) is 13.1 Å². The molecule has 0 aliphatic heterocycles. The molecule has 1 rings (SSSR count). The van der Waals surface area contributed by atoms with Crippen molar-refractivity contribution in [3.05, 3.63) is 29.8 Å². The van der Waals surface area contributed by atoms with Gasteiger partial charge in [0, 0.05) is 25.9 Å². The van der Waals surface area contributed by atoms with Gasteiger partial charge in [-0.05, 0) is 44.5 Å². The molecule has 19 heavy (non-hydrogen) atoms. The zero-order chi connectivity index (χ0) is 14.1. The Morgan fingerprint density at radius 2 is 2.21 bits per heavy atom. The molecule has 1 N–H and O–H groups in total. The van der Waals surface area contributed by atoms with Crippen LogP contribution in [0.1, 0.15) is 18.9 Å². The SMILES string of the molecule is CCN(C(=O)CNCCCOC)c1cccc(C)c1. The van der Waals surface area contributed by atoms with E-state index in [4.69, 9.17) is 4.74 Å². The maximum absolute atomic E-state index is 12.2. The highest BCUT2D eigenvalue weighted by Gasteiger charge is 2.12. The van der Waals surface area contributed by atoms with Crippen LogP contribution in [-0.4, -0.2) is 39.3 Å². The second-order valence-electron chi connectivity index (χ2n) is 4.50. The number of aryl methyl sites for hydroxylation is 1. The van der Waals surface area contributed by atoms with Gasteiger partial charge in [-0.1, -0.05) is 12.1 Å². The Morgan fingerprint density at radius 3 is 2.84 bits per heavy atom. The summed E-state index contributed by atoms with van der Waals surface area (Å²) in [5.74, 6) is 0.102. The largest absolute Gasteiger partial charge is 0.385 e. The monoisotopic (exact) mass is 264 g/mol. The standard InChI is InChI=1S/C15H24N2O2/c1-4-17(14-8-5-7-13(2)11-14)15(18)12-16-9-6-10-19-3/h5,7-8,11,16H,4,6,9-10,12H2,1-3H3. The summed E-state index contributed by atoms with van der Waals surface area (Å²) in [5, 5.41) is 3.15. The predicted molar refractivity (Wildman–Crippen MR) is 78.6 cm³/mol. The van der Waals surface area contributed by atoms with E-state index in [2.05, 4.69) is 5.32 Å². The van der Waals surface area contributed by atoms with Crippen LogP contribution < -0.4 is 10.2 Å². The lowest BCUT2D eigenvalue weighted by atomic mass is 10.2. The molecule has 0 bridgehead atoms. The maximum Gasteiger partial charge on any atom is 0.240 e. The highest BCUT2D eigenvalue weighted by molar-refractivity contribution is 5.94. The van der Waals surface area contributed by atoms with Crippen molar-refractivity contribution in [1.82, 2.24) is 5.32 Å². The van der Waals surface area contributed by atoms with Crippen molar-refractivity contribution in [1.29, 1.82) is 0 Å². The Kier molecular flexibility index (Phi) is 7.15. The molecule has 0 aliphatic carbocycles. The number of nitrogens with one attached hydrogen (secondary N) is 1. The molecule has 0 aliphatic rings. The van der Waals surface area contributed by atoms with Crippen LogP contribution in [0.3, 0.4) is 0 Å². The van der Waals surface area contributed by atoms with Crippen molar-refractivity contribution in [3.8, 4) is 0 Å². The first kappa shape index (κ1) is 15.7. The molecule has 0 saturated heterocycles. The Hall–Kier alpha value is -1.39. The minimum Gasteiger partial charge on any atom is -0.385 e. The van der Waals surface area contributed by atoms with Crippen LogP contribution in [0.15, 0.2) is 24.3 Å². The number of methoxy groups -OCH3 is 1. The summed E-state index contributed by atoms with van der Waals surface area (Å²) in [7, 11) is 1.68. The summed E-state index contributed by atoms with van der Waals surface area (Å²) in [6.45, 7) is 6.59. The third kappa shape index (κ3) is 5.41. The Morgan fingerprint density at radius 1 is 1.42 bits per heavy atom. The molecule has 0 heterocycles. The Labute approximate surface area is 115 Å². The Bertz CT molecular complexity index is 393. The molecule has 0 fully saturated rings. The lowest BCUT2D eigenvalue weighted by Gasteiger charge is -2.21. The first-order valence-corrected chi connectivity index (χ1v) is 6.75. The van der Waals surface area contributed by atoms with Gasteiger partial charge in [-0.25, -0.2) is 0 Å². The minimum atomic E-state index is 0.102. The lowest BCUT2D eigenvalue weighted by molar-refractivity contribution is -0.117. The molecule has 4 heteroatoms. The number of hydrogen-bond acceptors (Lipinski definition) is 3. The maximum atomic E-state index is 12.2. The van der Waals surface area contributed by atoms with E-state index in [1.54, 1.807) is 12.0 Å². The molecule has 106 valence electrons. The van der Waals surface area contributed by atoms with Gasteiger partial charge in [0.25, 0.3) is 0 Å². The second-order valence-corrected chi connectivity index (χ2v) is 4.50. The van der Waals surface area contributed by atoms with Crippen LogP contribution in [0.2, 0.25) is 0 Å². The fraction of sp³-hybridized carbons (Fsp3) is 0.533. The van der Waals surface area contributed by atoms with Gasteiger partial charge < -0.3 is 15.0 Å². The van der Waals surface area contributed by atoms with Gasteiger partial charge >= 0.3 is 0 Å².